The van der Waals surface area contributed by atoms with E-state index in [1.165, 1.54) is 18.2 Å². The lowest BCUT2D eigenvalue weighted by molar-refractivity contribution is -0.394. The number of hydrogen-bond donors (Lipinski definition) is 2. The Labute approximate surface area is 176 Å². The lowest BCUT2D eigenvalue weighted by atomic mass is 10.0. The zero-order valence-electron chi connectivity index (χ0n) is 15.6. The van der Waals surface area contributed by atoms with Crippen LogP contribution in [-0.2, 0) is 9.59 Å². The molecule has 2 heterocycles. The van der Waals surface area contributed by atoms with Crippen LogP contribution in [0.3, 0.4) is 0 Å². The maximum atomic E-state index is 13.0. The fraction of sp³-hybridized carbons (Fsp3) is 0.0556. The molecule has 0 aromatic heterocycles. The third-order valence-electron chi connectivity index (χ3n) is 4.53. The van der Waals surface area contributed by atoms with Crippen LogP contribution in [-0.4, -0.2) is 39.6 Å². The predicted molar refractivity (Wildman–Crippen MR) is 103 cm³/mol. The van der Waals surface area contributed by atoms with E-state index in [9.17, 15) is 39.7 Å². The molecule has 0 bridgehead atoms. The Bertz CT molecular complexity index is 1270. The van der Waals surface area contributed by atoms with Gasteiger partial charge in [-0.1, -0.05) is 0 Å². The number of non-ortho nitro benzene ring substituents is 1. The van der Waals surface area contributed by atoms with Crippen LogP contribution in [0.4, 0.5) is 21.9 Å². The van der Waals surface area contributed by atoms with Gasteiger partial charge in [0.2, 0.25) is 12.5 Å². The summed E-state index contributed by atoms with van der Waals surface area (Å²) in [5.74, 6) is -2.67. The summed E-state index contributed by atoms with van der Waals surface area (Å²) in [6, 6.07) is 4.31. The number of nitro benzene ring substituents is 2. The zero-order valence-corrected chi connectivity index (χ0v) is 15.6. The molecule has 0 aliphatic carbocycles. The number of imide groups is 2. The second kappa shape index (κ2) is 7.35. The summed E-state index contributed by atoms with van der Waals surface area (Å²) < 4.78 is 10.4. The molecule has 2 aliphatic rings. The fourth-order valence-electron chi connectivity index (χ4n) is 3.05. The maximum Gasteiger partial charge on any atom is 0.335 e. The standard InChI is InChI=1S/C18H10N4O10/c23-15-8(3-10(21(27)28)5-12(15)22(29)30)4-11-16(24)19-18(26)20(17(11)25)9-1-2-13-14(6-9)32-7-31-13/h1-6,23H,7H2,(H,19,24,26)/b11-4+. The molecule has 14 nitrogen and oxygen atoms in total. The van der Waals surface area contributed by atoms with Crippen molar-refractivity contribution in [3.8, 4) is 17.2 Å². The number of phenolic OH excluding ortho intramolecular Hbond substituents is 1. The number of aromatic hydroxyl groups is 1. The van der Waals surface area contributed by atoms with E-state index >= 15 is 0 Å². The second-order valence-corrected chi connectivity index (χ2v) is 6.41. The number of rotatable bonds is 4. The van der Waals surface area contributed by atoms with Crippen LogP contribution in [0.2, 0.25) is 0 Å². The molecule has 14 heteroatoms. The fourth-order valence-corrected chi connectivity index (χ4v) is 3.05. The summed E-state index contributed by atoms with van der Waals surface area (Å²) in [4.78, 5) is 58.4. The second-order valence-electron chi connectivity index (χ2n) is 6.41. The number of nitrogens with one attached hydrogen (secondary N) is 1. The summed E-state index contributed by atoms with van der Waals surface area (Å²) in [7, 11) is 0. The molecule has 4 amide bonds. The first-order valence-electron chi connectivity index (χ1n) is 8.64. The van der Waals surface area contributed by atoms with Gasteiger partial charge in [-0.25, -0.2) is 9.69 Å². The summed E-state index contributed by atoms with van der Waals surface area (Å²) >= 11 is 0. The number of fused-ring (bicyclic) bond motifs is 1. The van der Waals surface area contributed by atoms with Gasteiger partial charge in [-0.2, -0.15) is 0 Å². The monoisotopic (exact) mass is 442 g/mol. The molecule has 0 spiro atoms. The topological polar surface area (TPSA) is 191 Å². The highest BCUT2D eigenvalue weighted by molar-refractivity contribution is 6.39. The average molecular weight is 442 g/mol. The molecule has 4 rings (SSSR count). The first-order chi connectivity index (χ1) is 15.2. The normalized spacial score (nSPS) is 16.3. The summed E-state index contributed by atoms with van der Waals surface area (Å²) in [5.41, 5.74) is -2.98. The highest BCUT2D eigenvalue weighted by atomic mass is 16.7. The summed E-state index contributed by atoms with van der Waals surface area (Å²) in [5, 5.41) is 34.3. The third kappa shape index (κ3) is 3.30. The highest BCUT2D eigenvalue weighted by Gasteiger charge is 2.38. The number of urea groups is 1. The largest absolute Gasteiger partial charge is 0.502 e. The van der Waals surface area contributed by atoms with Gasteiger partial charge in [-0.15, -0.1) is 0 Å². The minimum Gasteiger partial charge on any atom is -0.502 e. The lowest BCUT2D eigenvalue weighted by Gasteiger charge is -2.26. The molecule has 162 valence electrons. The number of hydrogen-bond acceptors (Lipinski definition) is 10. The summed E-state index contributed by atoms with van der Waals surface area (Å²) in [6.07, 6.45) is 0.722. The minimum atomic E-state index is -1.16. The van der Waals surface area contributed by atoms with Crippen molar-refractivity contribution in [2.45, 2.75) is 0 Å². The molecule has 2 aromatic carbocycles. The minimum absolute atomic E-state index is 0.0180. The van der Waals surface area contributed by atoms with Crippen LogP contribution >= 0.6 is 0 Å². The van der Waals surface area contributed by atoms with Gasteiger partial charge in [-0.3, -0.25) is 35.1 Å². The SMILES string of the molecule is O=C1NC(=O)N(c2ccc3c(c2)OCO3)C(=O)/C1=C/c1cc([N+](=O)[O-])cc([N+](=O)[O-])c1O. The molecule has 2 N–H and O–H groups in total. The van der Waals surface area contributed by atoms with Gasteiger partial charge < -0.3 is 14.6 Å². The van der Waals surface area contributed by atoms with Crippen LogP contribution in [0, 0.1) is 20.2 Å². The molecule has 1 fully saturated rings. The number of phenols is 1. The van der Waals surface area contributed by atoms with E-state index in [2.05, 4.69) is 0 Å². The van der Waals surface area contributed by atoms with Gasteiger partial charge in [0, 0.05) is 17.7 Å². The van der Waals surface area contributed by atoms with Crippen LogP contribution in [0.15, 0.2) is 35.9 Å². The average Bonchev–Trinajstić information content (AvgIpc) is 3.19. The molecule has 2 aromatic rings. The van der Waals surface area contributed by atoms with E-state index in [0.29, 0.717) is 16.7 Å². The van der Waals surface area contributed by atoms with Gasteiger partial charge in [0.25, 0.3) is 17.5 Å². The number of anilines is 1. The first-order valence-corrected chi connectivity index (χ1v) is 8.64. The molecule has 1 saturated heterocycles. The Morgan fingerprint density at radius 3 is 2.44 bits per heavy atom. The molecular weight excluding hydrogens is 432 g/mol. The molecule has 0 unspecified atom stereocenters. The van der Waals surface area contributed by atoms with E-state index in [4.69, 9.17) is 9.47 Å². The van der Waals surface area contributed by atoms with E-state index in [-0.39, 0.29) is 18.2 Å². The molecule has 32 heavy (non-hydrogen) atoms. The van der Waals surface area contributed by atoms with E-state index < -0.39 is 56.0 Å². The van der Waals surface area contributed by atoms with Crippen molar-refractivity contribution >= 4 is 41.0 Å². The van der Waals surface area contributed by atoms with Crippen LogP contribution in [0.25, 0.3) is 6.08 Å². The Morgan fingerprint density at radius 1 is 1.03 bits per heavy atom. The smallest absolute Gasteiger partial charge is 0.335 e. The number of nitro groups is 2. The van der Waals surface area contributed by atoms with Gasteiger partial charge in [0.1, 0.15) is 5.57 Å². The van der Waals surface area contributed by atoms with Crippen LogP contribution in [0.1, 0.15) is 5.56 Å². The van der Waals surface area contributed by atoms with Crippen molar-refractivity contribution in [3.05, 3.63) is 61.7 Å². The Hall–Kier alpha value is -5.01. The number of carbonyl (C=O) groups excluding carboxylic acids is 3. The number of barbiturate groups is 1. The molecule has 0 radical (unpaired) electrons. The van der Waals surface area contributed by atoms with Crippen molar-refractivity contribution < 1.29 is 38.8 Å². The van der Waals surface area contributed by atoms with Gasteiger partial charge >= 0.3 is 11.7 Å². The number of nitrogens with zero attached hydrogens (tertiary/aromatic N) is 3. The molecular formula is C18H10N4O10. The molecule has 2 aliphatic heterocycles. The number of benzene rings is 2. The number of ether oxygens (including phenoxy) is 2. The van der Waals surface area contributed by atoms with Crippen molar-refractivity contribution in [1.82, 2.24) is 5.32 Å². The summed E-state index contributed by atoms with van der Waals surface area (Å²) in [6.45, 7) is -0.0621. The third-order valence-corrected chi connectivity index (χ3v) is 4.53. The van der Waals surface area contributed by atoms with E-state index in [1.54, 1.807) is 0 Å². The van der Waals surface area contributed by atoms with Gasteiger partial charge in [-0.05, 0) is 18.2 Å². The van der Waals surface area contributed by atoms with Crippen molar-refractivity contribution in [1.29, 1.82) is 0 Å². The predicted octanol–water partition coefficient (Wildman–Crippen LogP) is 1.60. The quantitative estimate of drug-likeness (QED) is 0.304. The molecule has 0 saturated carbocycles. The van der Waals surface area contributed by atoms with Gasteiger partial charge in [0.05, 0.1) is 21.6 Å². The maximum absolute atomic E-state index is 13.0. The lowest BCUT2D eigenvalue weighted by Crippen LogP contribution is -2.54. The van der Waals surface area contributed by atoms with Crippen molar-refractivity contribution in [2.75, 3.05) is 11.7 Å². The number of amides is 4. The van der Waals surface area contributed by atoms with Crippen molar-refractivity contribution in [3.63, 3.8) is 0 Å². The zero-order chi connectivity index (χ0) is 23.2. The van der Waals surface area contributed by atoms with E-state index in [0.717, 1.165) is 12.1 Å². The molecule has 0 atom stereocenters. The highest BCUT2D eigenvalue weighted by Crippen LogP contribution is 2.38. The first kappa shape index (κ1) is 20.3. The van der Waals surface area contributed by atoms with E-state index in [1.807, 2.05) is 5.32 Å². The number of carbonyl (C=O) groups is 3. The Balaban J connectivity index is 1.80. The Kier molecular flexibility index (Phi) is 4.66. The van der Waals surface area contributed by atoms with Crippen molar-refractivity contribution in [2.24, 2.45) is 0 Å². The van der Waals surface area contributed by atoms with Crippen LogP contribution in [0.5, 0.6) is 17.2 Å². The van der Waals surface area contributed by atoms with Gasteiger partial charge in [0.15, 0.2) is 11.5 Å². The van der Waals surface area contributed by atoms with Crippen LogP contribution < -0.4 is 19.7 Å². The Morgan fingerprint density at radius 2 is 1.75 bits per heavy atom.